The second-order valence-electron chi connectivity index (χ2n) is 7.22. The lowest BCUT2D eigenvalue weighted by molar-refractivity contribution is 0.0958. The van der Waals surface area contributed by atoms with Crippen LogP contribution in [0, 0.1) is 65.5 Å². The summed E-state index contributed by atoms with van der Waals surface area (Å²) < 4.78 is 119. The van der Waals surface area contributed by atoms with Crippen LogP contribution in [0.2, 0.25) is 0 Å². The summed E-state index contributed by atoms with van der Waals surface area (Å²) in [4.78, 5) is 0. The third-order valence-electron chi connectivity index (χ3n) is 5.29. The predicted octanol–water partition coefficient (Wildman–Crippen LogP) is 7.27. The minimum absolute atomic E-state index is 0.359. The molecule has 0 radical (unpaired) electrons. The van der Waals surface area contributed by atoms with Crippen molar-refractivity contribution < 1.29 is 44.6 Å². The first-order valence-corrected chi connectivity index (χ1v) is 11.5. The van der Waals surface area contributed by atoms with Crippen LogP contribution in [0.5, 0.6) is 11.5 Å². The molecular formula is C20H14F8I2O2. The van der Waals surface area contributed by atoms with Gasteiger partial charge in [-0.2, -0.15) is 17.6 Å². The molecule has 0 N–H and O–H groups in total. The standard InChI is InChI=1S/C20H14F8I2O2/c21-9-13(25)19(14(26)10(22)17(9)29)31-5-7-3-1-2-4-8(7)6-32-20-15(27)11(23)18(30)12(24)16(20)28/h7-8H,1-6H2/t7-,8-/m1/s1. The molecule has 12 heteroatoms. The lowest BCUT2D eigenvalue weighted by atomic mass is 9.80. The maximum absolute atomic E-state index is 14.0. The fourth-order valence-corrected chi connectivity index (χ4v) is 4.47. The Morgan fingerprint density at radius 3 is 1.09 bits per heavy atom. The molecule has 0 aromatic heterocycles. The normalized spacial score (nSPS) is 18.7. The van der Waals surface area contributed by atoms with Crippen LogP contribution in [0.1, 0.15) is 25.7 Å². The van der Waals surface area contributed by atoms with Gasteiger partial charge in [0, 0.05) is 0 Å². The number of hydrogen-bond acceptors (Lipinski definition) is 2. The van der Waals surface area contributed by atoms with Crippen LogP contribution >= 0.6 is 45.2 Å². The molecule has 0 unspecified atom stereocenters. The van der Waals surface area contributed by atoms with Gasteiger partial charge in [0.1, 0.15) is 0 Å². The fraction of sp³-hybridized carbons (Fsp3) is 0.400. The Morgan fingerprint density at radius 2 is 0.812 bits per heavy atom. The largest absolute Gasteiger partial charge is 0.487 e. The summed E-state index contributed by atoms with van der Waals surface area (Å²) in [5.74, 6) is -16.4. The van der Waals surface area contributed by atoms with Gasteiger partial charge < -0.3 is 9.47 Å². The molecule has 2 nitrogen and oxygen atoms in total. The summed E-state index contributed by atoms with van der Waals surface area (Å²) >= 11 is 2.25. The Hall–Kier alpha value is -1.06. The van der Waals surface area contributed by atoms with E-state index in [-0.39, 0.29) is 13.2 Å². The Balaban J connectivity index is 1.75. The minimum Gasteiger partial charge on any atom is -0.487 e. The van der Waals surface area contributed by atoms with E-state index in [2.05, 4.69) is 0 Å². The van der Waals surface area contributed by atoms with Gasteiger partial charge in [-0.1, -0.05) is 12.8 Å². The fourth-order valence-electron chi connectivity index (χ4n) is 3.53. The van der Waals surface area contributed by atoms with E-state index in [1.165, 1.54) is 0 Å². The van der Waals surface area contributed by atoms with Crippen molar-refractivity contribution in [2.75, 3.05) is 13.2 Å². The van der Waals surface area contributed by atoms with Crippen molar-refractivity contribution in [1.82, 2.24) is 0 Å². The predicted molar refractivity (Wildman–Crippen MR) is 114 cm³/mol. The molecule has 3 rings (SSSR count). The summed E-state index contributed by atoms with van der Waals surface area (Å²) in [5, 5.41) is 0. The Labute approximate surface area is 204 Å². The van der Waals surface area contributed by atoms with Crippen LogP contribution in [0.3, 0.4) is 0 Å². The molecule has 1 saturated carbocycles. The summed E-state index contributed by atoms with van der Waals surface area (Å²) in [5.41, 5.74) is 0. The van der Waals surface area contributed by atoms with Gasteiger partial charge in [-0.05, 0) is 69.9 Å². The number of benzene rings is 2. The minimum atomic E-state index is -1.68. The summed E-state index contributed by atoms with van der Waals surface area (Å²) in [6, 6.07) is 0. The SMILES string of the molecule is Fc1c(F)c(OC[C@H]2CCCC[C@@H]2COc2c(F)c(F)c(I)c(F)c2F)c(F)c(F)c1I. The van der Waals surface area contributed by atoms with E-state index >= 15 is 0 Å². The summed E-state index contributed by atoms with van der Waals surface area (Å²) in [7, 11) is 0. The van der Waals surface area contributed by atoms with Crippen molar-refractivity contribution >= 4 is 45.2 Å². The maximum atomic E-state index is 14.0. The second-order valence-corrected chi connectivity index (χ2v) is 9.38. The van der Waals surface area contributed by atoms with E-state index in [9.17, 15) is 35.1 Å². The zero-order valence-electron chi connectivity index (χ0n) is 16.0. The Morgan fingerprint density at radius 1 is 0.531 bits per heavy atom. The highest BCUT2D eigenvalue weighted by molar-refractivity contribution is 14.1. The average Bonchev–Trinajstić information content (AvgIpc) is 2.79. The van der Waals surface area contributed by atoms with Crippen molar-refractivity contribution in [2.24, 2.45) is 11.8 Å². The van der Waals surface area contributed by atoms with Gasteiger partial charge in [0.25, 0.3) is 0 Å². The molecule has 0 spiro atoms. The van der Waals surface area contributed by atoms with Crippen LogP contribution in [0.25, 0.3) is 0 Å². The zero-order valence-corrected chi connectivity index (χ0v) is 20.3. The molecule has 0 aliphatic heterocycles. The maximum Gasteiger partial charge on any atom is 0.205 e. The molecule has 0 saturated heterocycles. The van der Waals surface area contributed by atoms with E-state index in [4.69, 9.17) is 9.47 Å². The molecule has 2 aromatic rings. The van der Waals surface area contributed by atoms with Gasteiger partial charge in [0.05, 0.1) is 20.4 Å². The topological polar surface area (TPSA) is 18.5 Å². The number of halogens is 10. The van der Waals surface area contributed by atoms with Crippen molar-refractivity contribution in [1.29, 1.82) is 0 Å². The average molecular weight is 692 g/mol. The number of rotatable bonds is 6. The van der Waals surface area contributed by atoms with E-state index < -0.39 is 77.0 Å². The highest BCUT2D eigenvalue weighted by atomic mass is 127. The van der Waals surface area contributed by atoms with Crippen molar-refractivity contribution in [3.63, 3.8) is 0 Å². The molecule has 2 aromatic carbocycles. The van der Waals surface area contributed by atoms with Crippen molar-refractivity contribution in [3.05, 3.63) is 53.7 Å². The molecule has 176 valence electrons. The van der Waals surface area contributed by atoms with Gasteiger partial charge >= 0.3 is 0 Å². The third kappa shape index (κ3) is 4.89. The van der Waals surface area contributed by atoms with Crippen LogP contribution < -0.4 is 9.47 Å². The first-order chi connectivity index (χ1) is 15.1. The van der Waals surface area contributed by atoms with Crippen LogP contribution in [-0.2, 0) is 0 Å². The molecule has 0 bridgehead atoms. The second kappa shape index (κ2) is 10.5. The molecular weight excluding hydrogens is 678 g/mol. The van der Waals surface area contributed by atoms with E-state index in [1.54, 1.807) is 0 Å². The van der Waals surface area contributed by atoms with Gasteiger partial charge in [-0.3, -0.25) is 0 Å². The van der Waals surface area contributed by atoms with Gasteiger partial charge in [-0.15, -0.1) is 0 Å². The Bertz CT molecular complexity index is 894. The lowest BCUT2D eigenvalue weighted by Gasteiger charge is -2.31. The number of hydrogen-bond donors (Lipinski definition) is 0. The highest BCUT2D eigenvalue weighted by Crippen LogP contribution is 2.36. The highest BCUT2D eigenvalue weighted by Gasteiger charge is 2.31. The molecule has 2 atom stereocenters. The molecule has 0 heterocycles. The quantitative estimate of drug-likeness (QED) is 0.137. The molecule has 32 heavy (non-hydrogen) atoms. The smallest absolute Gasteiger partial charge is 0.205 e. The van der Waals surface area contributed by atoms with E-state index in [0.29, 0.717) is 25.7 Å². The van der Waals surface area contributed by atoms with Gasteiger partial charge in [0.2, 0.25) is 23.3 Å². The van der Waals surface area contributed by atoms with Crippen molar-refractivity contribution in [2.45, 2.75) is 25.7 Å². The zero-order chi connectivity index (χ0) is 23.7. The first-order valence-electron chi connectivity index (χ1n) is 9.34. The third-order valence-corrected chi connectivity index (χ3v) is 7.18. The molecule has 1 fully saturated rings. The van der Waals surface area contributed by atoms with Gasteiger partial charge in [-0.25, -0.2) is 17.6 Å². The van der Waals surface area contributed by atoms with E-state index in [1.807, 2.05) is 0 Å². The molecule has 1 aliphatic carbocycles. The van der Waals surface area contributed by atoms with Gasteiger partial charge in [0.15, 0.2) is 34.8 Å². The summed E-state index contributed by atoms with van der Waals surface area (Å²) in [6.45, 7) is -0.719. The number of ether oxygens (including phenoxy) is 2. The van der Waals surface area contributed by atoms with Crippen LogP contribution in [0.4, 0.5) is 35.1 Å². The summed E-state index contributed by atoms with van der Waals surface area (Å²) in [6.07, 6.45) is 2.32. The van der Waals surface area contributed by atoms with Crippen LogP contribution in [0.15, 0.2) is 0 Å². The molecule has 1 aliphatic rings. The molecule has 0 amide bonds. The first kappa shape index (κ1) is 25.6. The monoisotopic (exact) mass is 692 g/mol. The van der Waals surface area contributed by atoms with Crippen LogP contribution in [-0.4, -0.2) is 13.2 Å². The van der Waals surface area contributed by atoms with E-state index in [0.717, 1.165) is 45.2 Å². The lowest BCUT2D eigenvalue weighted by Crippen LogP contribution is -2.30. The van der Waals surface area contributed by atoms with Crippen molar-refractivity contribution in [3.8, 4) is 11.5 Å². The Kier molecular flexibility index (Phi) is 8.36.